The lowest BCUT2D eigenvalue weighted by atomic mass is 9.97. The Hall–Kier alpha value is -8.72. The number of hydrogen-bond acceptors (Lipinski definition) is 1. The summed E-state index contributed by atoms with van der Waals surface area (Å²) >= 11 is 0. The number of hydrogen-bond donors (Lipinski definition) is 0. The SMILES string of the molecule is c1ccc(-c2c3ccccc3n3c4cc(-c5ccc(N(c6ccc(-c7cccc8ccccc78)cc6)c6ccc(-c7cccc8ccccc78)cc6)cc5)ccc4c4ccccc4c23)cc1. The fraction of sp³-hybridized carbons (Fsp3) is 0. The average Bonchev–Trinajstić information content (AvgIpc) is 3.75. The summed E-state index contributed by atoms with van der Waals surface area (Å²) in [4.78, 5) is 2.37. The van der Waals surface area contributed by atoms with Gasteiger partial charge in [-0.05, 0) is 114 Å². The van der Waals surface area contributed by atoms with E-state index in [0.717, 1.165) is 17.1 Å². The van der Waals surface area contributed by atoms with E-state index < -0.39 is 0 Å². The largest absolute Gasteiger partial charge is 0.311 e. The standard InChI is InChI=1S/C64H42N2/c1-2-16-48(17-3-1)63-60-24-10-11-27-61(60)66-62-42-49(34-41-58(62)57-22-8-9-23-59(57)64(63)66)43-28-35-50(36-29-43)65(51-37-30-46(31-38-51)55-25-12-18-44-14-4-6-20-53(44)55)52-39-32-47(33-40-52)56-26-13-19-45-15-5-7-21-54(45)56/h1-42H. The summed E-state index contributed by atoms with van der Waals surface area (Å²) in [6, 6.07) is 93.1. The van der Waals surface area contributed by atoms with Gasteiger partial charge in [-0.25, -0.2) is 0 Å². The van der Waals surface area contributed by atoms with Crippen molar-refractivity contribution in [3.05, 3.63) is 255 Å². The maximum Gasteiger partial charge on any atom is 0.0625 e. The van der Waals surface area contributed by atoms with Crippen molar-refractivity contribution in [2.75, 3.05) is 4.90 Å². The molecular weight excluding hydrogens is 797 g/mol. The van der Waals surface area contributed by atoms with Crippen LogP contribution in [0.5, 0.6) is 0 Å². The molecule has 13 rings (SSSR count). The van der Waals surface area contributed by atoms with Gasteiger partial charge in [-0.3, -0.25) is 0 Å². The molecule has 66 heavy (non-hydrogen) atoms. The van der Waals surface area contributed by atoms with Gasteiger partial charge in [0.05, 0.1) is 16.6 Å². The number of fused-ring (bicyclic) bond motifs is 10. The summed E-state index contributed by atoms with van der Waals surface area (Å²) in [6.45, 7) is 0. The summed E-state index contributed by atoms with van der Waals surface area (Å²) < 4.78 is 2.50. The van der Waals surface area contributed by atoms with Crippen LogP contribution in [-0.2, 0) is 0 Å². The predicted molar refractivity (Wildman–Crippen MR) is 281 cm³/mol. The lowest BCUT2D eigenvalue weighted by Crippen LogP contribution is -2.09. The lowest BCUT2D eigenvalue weighted by Gasteiger charge is -2.26. The molecule has 13 aromatic rings. The van der Waals surface area contributed by atoms with E-state index in [1.165, 1.54) is 104 Å². The Labute approximate surface area is 383 Å². The monoisotopic (exact) mass is 838 g/mol. The maximum atomic E-state index is 2.50. The van der Waals surface area contributed by atoms with Crippen LogP contribution in [-0.4, -0.2) is 4.40 Å². The Bertz CT molecular complexity index is 3820. The fourth-order valence-electron chi connectivity index (χ4n) is 10.5. The minimum Gasteiger partial charge on any atom is -0.311 e. The van der Waals surface area contributed by atoms with Crippen LogP contribution in [0.25, 0.3) is 104 Å². The Morgan fingerprint density at radius 1 is 0.258 bits per heavy atom. The minimum atomic E-state index is 1.09. The summed E-state index contributed by atoms with van der Waals surface area (Å²) in [5, 5.41) is 10.0. The summed E-state index contributed by atoms with van der Waals surface area (Å²) in [6.07, 6.45) is 0. The number of benzene rings is 11. The fourth-order valence-corrected chi connectivity index (χ4v) is 10.5. The topological polar surface area (TPSA) is 7.65 Å². The third-order valence-electron chi connectivity index (χ3n) is 13.6. The molecule has 0 unspecified atom stereocenters. The first-order chi connectivity index (χ1) is 32.7. The quantitative estimate of drug-likeness (QED) is 0.145. The normalized spacial score (nSPS) is 11.6. The van der Waals surface area contributed by atoms with Crippen LogP contribution in [0.4, 0.5) is 17.1 Å². The molecule has 11 aromatic carbocycles. The highest BCUT2D eigenvalue weighted by Crippen LogP contribution is 2.44. The molecule has 0 aliphatic carbocycles. The third kappa shape index (κ3) is 6.18. The van der Waals surface area contributed by atoms with Crippen LogP contribution in [0.1, 0.15) is 0 Å². The summed E-state index contributed by atoms with van der Waals surface area (Å²) in [7, 11) is 0. The van der Waals surface area contributed by atoms with Crippen molar-refractivity contribution in [1.82, 2.24) is 4.40 Å². The van der Waals surface area contributed by atoms with Gasteiger partial charge in [0.2, 0.25) is 0 Å². The Morgan fingerprint density at radius 3 is 1.30 bits per heavy atom. The Kier molecular flexibility index (Phi) is 8.89. The molecule has 2 heteroatoms. The molecule has 0 atom stereocenters. The van der Waals surface area contributed by atoms with Crippen molar-refractivity contribution in [2.45, 2.75) is 0 Å². The number of aromatic nitrogens is 1. The van der Waals surface area contributed by atoms with Gasteiger partial charge < -0.3 is 9.30 Å². The van der Waals surface area contributed by atoms with E-state index in [0.29, 0.717) is 0 Å². The molecule has 0 fully saturated rings. The summed E-state index contributed by atoms with van der Waals surface area (Å²) in [5.74, 6) is 0. The number of pyridine rings is 1. The molecule has 0 aliphatic rings. The van der Waals surface area contributed by atoms with Crippen molar-refractivity contribution in [2.24, 2.45) is 0 Å². The van der Waals surface area contributed by atoms with Gasteiger partial charge in [0.1, 0.15) is 0 Å². The van der Waals surface area contributed by atoms with Crippen LogP contribution in [0.3, 0.4) is 0 Å². The van der Waals surface area contributed by atoms with Crippen molar-refractivity contribution >= 4 is 76.7 Å². The van der Waals surface area contributed by atoms with E-state index in [1.54, 1.807) is 0 Å². The molecule has 2 nitrogen and oxygen atoms in total. The maximum absolute atomic E-state index is 2.50. The number of anilines is 3. The Morgan fingerprint density at radius 2 is 0.712 bits per heavy atom. The molecule has 0 spiro atoms. The minimum absolute atomic E-state index is 1.09. The van der Waals surface area contributed by atoms with Gasteiger partial charge in [0.25, 0.3) is 0 Å². The highest BCUT2D eigenvalue weighted by atomic mass is 15.1. The number of nitrogens with zero attached hydrogens (tertiary/aromatic N) is 2. The second-order valence-electron chi connectivity index (χ2n) is 17.2. The highest BCUT2D eigenvalue weighted by Gasteiger charge is 2.20. The molecule has 0 saturated carbocycles. The van der Waals surface area contributed by atoms with Crippen molar-refractivity contribution < 1.29 is 0 Å². The third-order valence-corrected chi connectivity index (χ3v) is 13.6. The Balaban J connectivity index is 0.937. The van der Waals surface area contributed by atoms with Gasteiger partial charge in [-0.15, -0.1) is 0 Å². The molecule has 0 bridgehead atoms. The van der Waals surface area contributed by atoms with Gasteiger partial charge >= 0.3 is 0 Å². The van der Waals surface area contributed by atoms with Gasteiger partial charge in [-0.1, -0.05) is 206 Å². The van der Waals surface area contributed by atoms with Crippen LogP contribution < -0.4 is 4.90 Å². The number of para-hydroxylation sites is 1. The molecule has 2 heterocycles. The highest BCUT2D eigenvalue weighted by molar-refractivity contribution is 6.22. The van der Waals surface area contributed by atoms with Crippen molar-refractivity contribution in [3.8, 4) is 44.5 Å². The van der Waals surface area contributed by atoms with E-state index in [9.17, 15) is 0 Å². The molecule has 0 saturated heterocycles. The van der Waals surface area contributed by atoms with Gasteiger partial charge in [-0.2, -0.15) is 0 Å². The summed E-state index contributed by atoms with van der Waals surface area (Å²) in [5.41, 5.74) is 16.6. The second kappa shape index (κ2) is 15.5. The molecule has 0 N–H and O–H groups in total. The van der Waals surface area contributed by atoms with Crippen molar-refractivity contribution in [3.63, 3.8) is 0 Å². The van der Waals surface area contributed by atoms with Crippen LogP contribution in [0.15, 0.2) is 255 Å². The first-order valence-electron chi connectivity index (χ1n) is 22.8. The zero-order valence-electron chi connectivity index (χ0n) is 36.1. The first-order valence-corrected chi connectivity index (χ1v) is 22.8. The molecule has 0 amide bonds. The van der Waals surface area contributed by atoms with Gasteiger partial charge in [0, 0.05) is 38.8 Å². The second-order valence-corrected chi connectivity index (χ2v) is 17.2. The first kappa shape index (κ1) is 37.8. The van der Waals surface area contributed by atoms with Crippen LogP contribution >= 0.6 is 0 Å². The molecule has 2 aromatic heterocycles. The molecule has 308 valence electrons. The van der Waals surface area contributed by atoms with E-state index in [-0.39, 0.29) is 0 Å². The van der Waals surface area contributed by atoms with E-state index in [4.69, 9.17) is 0 Å². The molecule has 0 aliphatic heterocycles. The van der Waals surface area contributed by atoms with Crippen LogP contribution in [0.2, 0.25) is 0 Å². The smallest absolute Gasteiger partial charge is 0.0625 e. The van der Waals surface area contributed by atoms with E-state index >= 15 is 0 Å². The lowest BCUT2D eigenvalue weighted by molar-refractivity contribution is 1.28. The average molecular weight is 839 g/mol. The zero-order chi connectivity index (χ0) is 43.6. The predicted octanol–water partition coefficient (Wildman–Crippen LogP) is 17.8. The van der Waals surface area contributed by atoms with Crippen molar-refractivity contribution in [1.29, 1.82) is 0 Å². The van der Waals surface area contributed by atoms with Crippen LogP contribution in [0, 0.1) is 0 Å². The molecular formula is C64H42N2. The number of rotatable bonds is 7. The molecule has 0 radical (unpaired) electrons. The van der Waals surface area contributed by atoms with E-state index in [2.05, 4.69) is 264 Å². The van der Waals surface area contributed by atoms with E-state index in [1.807, 2.05) is 0 Å². The van der Waals surface area contributed by atoms with Gasteiger partial charge in [0.15, 0.2) is 0 Å². The zero-order valence-corrected chi connectivity index (χ0v) is 36.1.